The monoisotopic (exact) mass is 459 g/mol. The van der Waals surface area contributed by atoms with Crippen LogP contribution in [0.1, 0.15) is 24.5 Å². The Morgan fingerprint density at radius 3 is 2.82 bits per heavy atom. The van der Waals surface area contributed by atoms with Crippen LogP contribution in [0.3, 0.4) is 0 Å². The van der Waals surface area contributed by atoms with Gasteiger partial charge in [0, 0.05) is 24.8 Å². The summed E-state index contributed by atoms with van der Waals surface area (Å²) in [4.78, 5) is 27.5. The fourth-order valence-corrected chi connectivity index (χ4v) is 4.22. The quantitative estimate of drug-likeness (QED) is 0.664. The van der Waals surface area contributed by atoms with E-state index in [1.807, 2.05) is 6.92 Å². The second-order valence-corrected chi connectivity index (χ2v) is 8.24. The van der Waals surface area contributed by atoms with Crippen LogP contribution < -0.4 is 4.90 Å². The molecule has 3 atom stereocenters. The van der Waals surface area contributed by atoms with Gasteiger partial charge in [0.1, 0.15) is 11.9 Å². The summed E-state index contributed by atoms with van der Waals surface area (Å²) in [5.41, 5.74) is 2.30. The molecule has 2 aliphatic heterocycles. The fourth-order valence-electron chi connectivity index (χ4n) is 4.22. The third-order valence-corrected chi connectivity index (χ3v) is 6.10. The SMILES string of the molecule is Cc1cc(C2=CCN(C(=O)C(O)CO)CC2)c(F)cc1N1C(=O)O[C@@H](Cn2ccnn2)[C@@H]1C. The zero-order valence-corrected chi connectivity index (χ0v) is 18.4. The number of benzene rings is 1. The summed E-state index contributed by atoms with van der Waals surface area (Å²) in [6.45, 7) is 3.87. The molecule has 2 N–H and O–H groups in total. The maximum Gasteiger partial charge on any atom is 0.415 e. The molecule has 0 spiro atoms. The lowest BCUT2D eigenvalue weighted by molar-refractivity contribution is -0.141. The van der Waals surface area contributed by atoms with Crippen LogP contribution in [-0.2, 0) is 16.1 Å². The molecule has 11 heteroatoms. The van der Waals surface area contributed by atoms with Crippen molar-refractivity contribution in [2.45, 2.75) is 45.1 Å². The zero-order chi connectivity index (χ0) is 23.7. The molecule has 176 valence electrons. The molecule has 4 rings (SSSR count). The fraction of sp³-hybridized carbons (Fsp3) is 0.455. The van der Waals surface area contributed by atoms with Crippen LogP contribution in [0, 0.1) is 12.7 Å². The Labute approximate surface area is 189 Å². The first-order valence-electron chi connectivity index (χ1n) is 10.7. The van der Waals surface area contributed by atoms with Gasteiger partial charge in [-0.25, -0.2) is 13.9 Å². The van der Waals surface area contributed by atoms with Crippen molar-refractivity contribution in [3.8, 4) is 0 Å². The third-order valence-electron chi connectivity index (χ3n) is 6.10. The number of aliphatic hydroxyl groups is 2. The lowest BCUT2D eigenvalue weighted by Crippen LogP contribution is -2.42. The number of hydrogen-bond donors (Lipinski definition) is 2. The van der Waals surface area contributed by atoms with Gasteiger partial charge in [-0.1, -0.05) is 11.3 Å². The summed E-state index contributed by atoms with van der Waals surface area (Å²) in [5.74, 6) is -1.03. The van der Waals surface area contributed by atoms with Crippen LogP contribution in [-0.4, -0.2) is 80.1 Å². The zero-order valence-electron chi connectivity index (χ0n) is 18.4. The lowest BCUT2D eigenvalue weighted by atomic mass is 9.96. The Morgan fingerprint density at radius 2 is 2.18 bits per heavy atom. The maximum absolute atomic E-state index is 15.2. The van der Waals surface area contributed by atoms with E-state index in [1.54, 1.807) is 36.1 Å². The van der Waals surface area contributed by atoms with E-state index >= 15 is 4.39 Å². The van der Waals surface area contributed by atoms with E-state index in [9.17, 15) is 14.7 Å². The first-order chi connectivity index (χ1) is 15.8. The number of carbonyl (C=O) groups excluding carboxylic acids is 2. The van der Waals surface area contributed by atoms with Crippen LogP contribution in [0.15, 0.2) is 30.6 Å². The summed E-state index contributed by atoms with van der Waals surface area (Å²) >= 11 is 0. The summed E-state index contributed by atoms with van der Waals surface area (Å²) in [7, 11) is 0. The van der Waals surface area contributed by atoms with Gasteiger partial charge in [0.05, 0.1) is 31.1 Å². The number of rotatable bonds is 6. The van der Waals surface area contributed by atoms with Crippen molar-refractivity contribution in [2.24, 2.45) is 0 Å². The van der Waals surface area contributed by atoms with Crippen molar-refractivity contribution in [1.82, 2.24) is 19.9 Å². The molecule has 33 heavy (non-hydrogen) atoms. The number of anilines is 1. The predicted molar refractivity (Wildman–Crippen MR) is 116 cm³/mol. The van der Waals surface area contributed by atoms with E-state index in [-0.39, 0.29) is 12.6 Å². The van der Waals surface area contributed by atoms with Crippen molar-refractivity contribution in [3.63, 3.8) is 0 Å². The molecule has 1 fully saturated rings. The number of nitrogens with zero attached hydrogens (tertiary/aromatic N) is 5. The molecule has 0 bridgehead atoms. The van der Waals surface area contributed by atoms with Crippen molar-refractivity contribution in [1.29, 1.82) is 0 Å². The van der Waals surface area contributed by atoms with Gasteiger partial charge >= 0.3 is 6.09 Å². The predicted octanol–water partition coefficient (Wildman–Crippen LogP) is 1.11. The number of cyclic esters (lactones) is 1. The molecule has 0 saturated carbocycles. The molecule has 0 radical (unpaired) electrons. The average molecular weight is 459 g/mol. The Bertz CT molecular complexity index is 1070. The van der Waals surface area contributed by atoms with E-state index < -0.39 is 36.6 Å². The van der Waals surface area contributed by atoms with Crippen molar-refractivity contribution < 1.29 is 28.9 Å². The molecule has 10 nitrogen and oxygen atoms in total. The van der Waals surface area contributed by atoms with Crippen LogP contribution in [0.5, 0.6) is 0 Å². The van der Waals surface area contributed by atoms with E-state index in [4.69, 9.17) is 9.84 Å². The van der Waals surface area contributed by atoms with Gasteiger partial charge in [0.15, 0.2) is 6.10 Å². The number of halogens is 1. The first kappa shape index (κ1) is 22.9. The Balaban J connectivity index is 1.53. The van der Waals surface area contributed by atoms with Crippen LogP contribution in [0.25, 0.3) is 5.57 Å². The van der Waals surface area contributed by atoms with Crippen LogP contribution in [0.4, 0.5) is 14.9 Å². The highest BCUT2D eigenvalue weighted by atomic mass is 19.1. The van der Waals surface area contributed by atoms with Gasteiger partial charge in [-0.15, -0.1) is 5.10 Å². The number of ether oxygens (including phenoxy) is 1. The van der Waals surface area contributed by atoms with Gasteiger partial charge in [-0.05, 0) is 43.5 Å². The van der Waals surface area contributed by atoms with E-state index in [0.717, 1.165) is 5.57 Å². The number of aliphatic hydroxyl groups excluding tert-OH is 2. The molecule has 1 saturated heterocycles. The Morgan fingerprint density at radius 1 is 1.39 bits per heavy atom. The highest BCUT2D eigenvalue weighted by molar-refractivity contribution is 5.92. The van der Waals surface area contributed by atoms with Gasteiger partial charge < -0.3 is 19.8 Å². The van der Waals surface area contributed by atoms with Crippen molar-refractivity contribution in [2.75, 3.05) is 24.6 Å². The van der Waals surface area contributed by atoms with Crippen molar-refractivity contribution in [3.05, 3.63) is 47.5 Å². The number of hydrogen-bond acceptors (Lipinski definition) is 7. The molecule has 0 aliphatic carbocycles. The second kappa shape index (κ2) is 9.28. The largest absolute Gasteiger partial charge is 0.442 e. The minimum Gasteiger partial charge on any atom is -0.442 e. The summed E-state index contributed by atoms with van der Waals surface area (Å²) < 4.78 is 22.3. The minimum atomic E-state index is -1.45. The van der Waals surface area contributed by atoms with Crippen LogP contribution >= 0.6 is 0 Å². The standard InChI is InChI=1S/C22H26FN5O5/c1-13-9-16(15-3-6-26(7-4-15)21(31)19(30)12-29)17(23)10-18(13)28-14(2)20(33-22(28)32)11-27-8-5-24-25-27/h3,5,8-10,14,19-20,29-30H,4,6-7,11-12H2,1-2H3/t14-,19?,20-/m0/s1. The highest BCUT2D eigenvalue weighted by Crippen LogP contribution is 2.35. The van der Waals surface area contributed by atoms with Crippen LogP contribution in [0.2, 0.25) is 0 Å². The summed E-state index contributed by atoms with van der Waals surface area (Å²) in [6.07, 6.45) is 2.91. The van der Waals surface area contributed by atoms with Gasteiger partial charge in [0.25, 0.3) is 5.91 Å². The lowest BCUT2D eigenvalue weighted by Gasteiger charge is -2.29. The second-order valence-electron chi connectivity index (χ2n) is 8.24. The summed E-state index contributed by atoms with van der Waals surface area (Å²) in [5, 5.41) is 26.2. The van der Waals surface area contributed by atoms with E-state index in [0.29, 0.717) is 36.3 Å². The Hall–Kier alpha value is -3.31. The molecule has 1 aromatic carbocycles. The molecule has 3 heterocycles. The number of aryl methyl sites for hydroxylation is 1. The maximum atomic E-state index is 15.2. The molecular weight excluding hydrogens is 433 g/mol. The normalized spacial score (nSPS) is 21.7. The Kier molecular flexibility index (Phi) is 6.43. The first-order valence-corrected chi connectivity index (χ1v) is 10.7. The molecular formula is C22H26FN5O5. The average Bonchev–Trinajstić information content (AvgIpc) is 3.42. The van der Waals surface area contributed by atoms with Gasteiger partial charge in [0.2, 0.25) is 0 Å². The van der Waals surface area contributed by atoms with Crippen molar-refractivity contribution >= 4 is 23.3 Å². The highest BCUT2D eigenvalue weighted by Gasteiger charge is 2.41. The van der Waals surface area contributed by atoms with Gasteiger partial charge in [-0.2, -0.15) is 0 Å². The number of carbonyl (C=O) groups is 2. The van der Waals surface area contributed by atoms with E-state index in [1.165, 1.54) is 15.9 Å². The topological polar surface area (TPSA) is 121 Å². The molecule has 2 aliphatic rings. The number of amides is 2. The van der Waals surface area contributed by atoms with Gasteiger partial charge in [-0.3, -0.25) is 9.69 Å². The number of aromatic nitrogens is 3. The summed E-state index contributed by atoms with van der Waals surface area (Å²) in [6, 6.07) is 2.70. The van der Waals surface area contributed by atoms with E-state index in [2.05, 4.69) is 10.3 Å². The smallest absolute Gasteiger partial charge is 0.415 e. The molecule has 1 unspecified atom stereocenters. The molecule has 1 aromatic heterocycles. The minimum absolute atomic E-state index is 0.213. The third kappa shape index (κ3) is 4.46. The molecule has 2 amide bonds. The molecule has 2 aromatic rings.